The third-order valence-corrected chi connectivity index (χ3v) is 4.35. The molecule has 0 bridgehead atoms. The van der Waals surface area contributed by atoms with Crippen LogP contribution < -0.4 is 5.73 Å². The summed E-state index contributed by atoms with van der Waals surface area (Å²) in [7, 11) is 0. The lowest BCUT2D eigenvalue weighted by molar-refractivity contribution is 0.629. The lowest BCUT2D eigenvalue weighted by atomic mass is 10.1. The molecule has 3 heteroatoms. The molecule has 1 aromatic heterocycles. The van der Waals surface area contributed by atoms with E-state index >= 15 is 0 Å². The van der Waals surface area contributed by atoms with Crippen molar-refractivity contribution in [2.75, 3.05) is 0 Å². The predicted octanol–water partition coefficient (Wildman–Crippen LogP) is 3.53. The van der Waals surface area contributed by atoms with Gasteiger partial charge in [0.2, 0.25) is 0 Å². The van der Waals surface area contributed by atoms with Crippen LogP contribution >= 0.6 is 11.3 Å². The van der Waals surface area contributed by atoms with Gasteiger partial charge in [-0.1, -0.05) is 30.3 Å². The van der Waals surface area contributed by atoms with Gasteiger partial charge in [-0.25, -0.2) is 4.98 Å². The Hall–Kier alpha value is -1.19. The minimum Gasteiger partial charge on any atom is -0.322 e. The van der Waals surface area contributed by atoms with Gasteiger partial charge in [0.15, 0.2) is 0 Å². The quantitative estimate of drug-likeness (QED) is 0.897. The zero-order valence-electron chi connectivity index (χ0n) is 9.89. The first-order valence-electron chi connectivity index (χ1n) is 6.04. The van der Waals surface area contributed by atoms with Gasteiger partial charge in [-0.3, -0.25) is 0 Å². The summed E-state index contributed by atoms with van der Waals surface area (Å²) in [6, 6.07) is 10.5. The van der Waals surface area contributed by atoms with E-state index in [1.807, 2.05) is 6.07 Å². The van der Waals surface area contributed by atoms with Crippen molar-refractivity contribution in [3.05, 3.63) is 40.2 Å². The van der Waals surface area contributed by atoms with Crippen LogP contribution in [-0.2, 0) is 0 Å². The number of hydrogen-bond donors (Lipinski definition) is 1. The molecule has 17 heavy (non-hydrogen) atoms. The lowest BCUT2D eigenvalue weighted by Crippen LogP contribution is -2.11. The van der Waals surface area contributed by atoms with Gasteiger partial charge >= 0.3 is 0 Å². The molecule has 1 heterocycles. The molecule has 2 nitrogen and oxygen atoms in total. The second-order valence-electron chi connectivity index (χ2n) is 4.69. The summed E-state index contributed by atoms with van der Waals surface area (Å²) in [6.45, 7) is 2.13. The van der Waals surface area contributed by atoms with Gasteiger partial charge in [0, 0.05) is 10.4 Å². The van der Waals surface area contributed by atoms with Crippen LogP contribution in [0.3, 0.4) is 0 Å². The maximum Gasteiger partial charge on any atom is 0.111 e. The van der Waals surface area contributed by atoms with E-state index in [4.69, 9.17) is 10.7 Å². The second kappa shape index (κ2) is 4.24. The summed E-state index contributed by atoms with van der Waals surface area (Å²) in [6.07, 6.45) is 2.53. The Bertz CT molecular complexity index is 514. The van der Waals surface area contributed by atoms with Crippen LogP contribution in [0.15, 0.2) is 30.3 Å². The van der Waals surface area contributed by atoms with E-state index in [9.17, 15) is 0 Å². The number of nitrogens with two attached hydrogens (primary N) is 1. The standard InChI is InChI=1S/C14H16N2S/c1-9-13(11-5-3-2-4-6-11)16-14(17-9)12(15)10-7-8-10/h2-6,10,12H,7-8,15H2,1H3. The van der Waals surface area contributed by atoms with Crippen LogP contribution in [0.5, 0.6) is 0 Å². The van der Waals surface area contributed by atoms with Crippen LogP contribution in [0, 0.1) is 12.8 Å². The molecule has 1 aliphatic carbocycles. The second-order valence-corrected chi connectivity index (χ2v) is 5.92. The molecule has 1 fully saturated rings. The Morgan fingerprint density at radius 2 is 2.00 bits per heavy atom. The molecule has 0 radical (unpaired) electrons. The average molecular weight is 244 g/mol. The molecule has 1 unspecified atom stereocenters. The SMILES string of the molecule is Cc1sc(C(N)C2CC2)nc1-c1ccccc1. The van der Waals surface area contributed by atoms with Crippen molar-refractivity contribution in [3.63, 3.8) is 0 Å². The molecule has 0 amide bonds. The average Bonchev–Trinajstić information content (AvgIpc) is 3.13. The highest BCUT2D eigenvalue weighted by molar-refractivity contribution is 7.12. The van der Waals surface area contributed by atoms with Gasteiger partial charge in [0.25, 0.3) is 0 Å². The van der Waals surface area contributed by atoms with Gasteiger partial charge < -0.3 is 5.73 Å². The topological polar surface area (TPSA) is 38.9 Å². The number of rotatable bonds is 3. The van der Waals surface area contributed by atoms with Gasteiger partial charge in [-0.2, -0.15) is 0 Å². The summed E-state index contributed by atoms with van der Waals surface area (Å²) in [5.74, 6) is 0.671. The van der Waals surface area contributed by atoms with Crippen molar-refractivity contribution in [2.24, 2.45) is 11.7 Å². The van der Waals surface area contributed by atoms with Gasteiger partial charge in [0.05, 0.1) is 11.7 Å². The maximum absolute atomic E-state index is 6.21. The number of benzene rings is 1. The highest BCUT2D eigenvalue weighted by Gasteiger charge is 2.31. The first-order valence-corrected chi connectivity index (χ1v) is 6.85. The molecule has 1 saturated carbocycles. The Morgan fingerprint density at radius 1 is 1.29 bits per heavy atom. The molecule has 3 rings (SSSR count). The fraction of sp³-hybridized carbons (Fsp3) is 0.357. The molecule has 2 N–H and O–H groups in total. The molecule has 1 aromatic carbocycles. The zero-order chi connectivity index (χ0) is 11.8. The van der Waals surface area contributed by atoms with Crippen LogP contribution in [0.25, 0.3) is 11.3 Å². The summed E-state index contributed by atoms with van der Waals surface area (Å²) in [4.78, 5) is 6.00. The van der Waals surface area contributed by atoms with Crippen LogP contribution in [0.4, 0.5) is 0 Å². The van der Waals surface area contributed by atoms with E-state index in [1.165, 1.54) is 23.3 Å². The van der Waals surface area contributed by atoms with E-state index in [0.29, 0.717) is 5.92 Å². The monoisotopic (exact) mass is 244 g/mol. The summed E-state index contributed by atoms with van der Waals surface area (Å²) < 4.78 is 0. The van der Waals surface area contributed by atoms with Crippen LogP contribution in [-0.4, -0.2) is 4.98 Å². The fourth-order valence-corrected chi connectivity index (χ4v) is 3.12. The van der Waals surface area contributed by atoms with Crippen molar-refractivity contribution in [1.29, 1.82) is 0 Å². The summed E-state index contributed by atoms with van der Waals surface area (Å²) in [5, 5.41) is 1.10. The molecule has 0 aliphatic heterocycles. The van der Waals surface area contributed by atoms with Gasteiger partial charge in [-0.05, 0) is 25.7 Å². The van der Waals surface area contributed by atoms with Crippen LogP contribution in [0.2, 0.25) is 0 Å². The van der Waals surface area contributed by atoms with Gasteiger partial charge in [-0.15, -0.1) is 11.3 Å². The molecular formula is C14H16N2S. The normalized spacial score (nSPS) is 17.1. The first-order chi connectivity index (χ1) is 8.25. The van der Waals surface area contributed by atoms with Crippen molar-refractivity contribution >= 4 is 11.3 Å². The number of hydrogen-bond acceptors (Lipinski definition) is 3. The minimum absolute atomic E-state index is 0.149. The molecule has 0 saturated heterocycles. The molecule has 2 aromatic rings. The number of thiazole rings is 1. The molecular weight excluding hydrogens is 228 g/mol. The number of aryl methyl sites for hydroxylation is 1. The molecule has 1 aliphatic rings. The van der Waals surface area contributed by atoms with Crippen LogP contribution in [0.1, 0.15) is 28.8 Å². The Morgan fingerprint density at radius 3 is 2.65 bits per heavy atom. The minimum atomic E-state index is 0.149. The van der Waals surface area contributed by atoms with Crippen molar-refractivity contribution in [1.82, 2.24) is 4.98 Å². The molecule has 88 valence electrons. The zero-order valence-corrected chi connectivity index (χ0v) is 10.7. The third kappa shape index (κ3) is 2.13. The third-order valence-electron chi connectivity index (χ3n) is 3.28. The van der Waals surface area contributed by atoms with E-state index < -0.39 is 0 Å². The smallest absolute Gasteiger partial charge is 0.111 e. The fourth-order valence-electron chi connectivity index (χ4n) is 2.08. The van der Waals surface area contributed by atoms with Crippen molar-refractivity contribution in [3.8, 4) is 11.3 Å². The highest BCUT2D eigenvalue weighted by atomic mass is 32.1. The van der Waals surface area contributed by atoms with Crippen molar-refractivity contribution in [2.45, 2.75) is 25.8 Å². The number of aromatic nitrogens is 1. The highest BCUT2D eigenvalue weighted by Crippen LogP contribution is 2.41. The largest absolute Gasteiger partial charge is 0.322 e. The van der Waals surface area contributed by atoms with E-state index in [2.05, 4.69) is 31.2 Å². The van der Waals surface area contributed by atoms with Gasteiger partial charge in [0.1, 0.15) is 5.01 Å². The summed E-state index contributed by atoms with van der Waals surface area (Å²) in [5.41, 5.74) is 8.50. The van der Waals surface area contributed by atoms with E-state index in [-0.39, 0.29) is 6.04 Å². The molecule has 0 spiro atoms. The predicted molar refractivity (Wildman–Crippen MR) is 71.9 cm³/mol. The first kappa shape index (κ1) is 10.9. The lowest BCUT2D eigenvalue weighted by Gasteiger charge is -2.04. The van der Waals surface area contributed by atoms with E-state index in [0.717, 1.165) is 10.7 Å². The van der Waals surface area contributed by atoms with E-state index in [1.54, 1.807) is 11.3 Å². The Kier molecular flexibility index (Phi) is 2.73. The molecule has 1 atom stereocenters. The number of nitrogens with zero attached hydrogens (tertiary/aromatic N) is 1. The Labute approximate surface area is 106 Å². The Balaban J connectivity index is 1.95. The maximum atomic E-state index is 6.21. The van der Waals surface area contributed by atoms with Crippen molar-refractivity contribution < 1.29 is 0 Å². The summed E-state index contributed by atoms with van der Waals surface area (Å²) >= 11 is 1.75.